The maximum absolute atomic E-state index is 3.61. The van der Waals surface area contributed by atoms with Crippen LogP contribution in [0.3, 0.4) is 0 Å². The highest BCUT2D eigenvalue weighted by atomic mass is 15.2. The van der Waals surface area contributed by atoms with Gasteiger partial charge in [-0.3, -0.25) is 4.90 Å². The zero-order valence-corrected chi connectivity index (χ0v) is 10.5. The Bertz CT molecular complexity index is 199. The van der Waals surface area contributed by atoms with Crippen molar-refractivity contribution in [2.24, 2.45) is 11.8 Å². The van der Waals surface area contributed by atoms with Crippen molar-refractivity contribution < 1.29 is 0 Å². The van der Waals surface area contributed by atoms with Gasteiger partial charge in [0.05, 0.1) is 0 Å². The molecule has 15 heavy (non-hydrogen) atoms. The topological polar surface area (TPSA) is 15.3 Å². The summed E-state index contributed by atoms with van der Waals surface area (Å²) in [6.45, 7) is 11.0. The number of rotatable bonds is 2. The highest BCUT2D eigenvalue weighted by molar-refractivity contribution is 4.86. The zero-order valence-electron chi connectivity index (χ0n) is 10.5. The number of nitrogens with one attached hydrogen (secondary N) is 1. The first-order valence-corrected chi connectivity index (χ1v) is 6.64. The Morgan fingerprint density at radius 3 is 2.73 bits per heavy atom. The molecule has 2 rings (SSSR count). The van der Waals surface area contributed by atoms with Crippen LogP contribution < -0.4 is 5.32 Å². The lowest BCUT2D eigenvalue weighted by Gasteiger charge is -2.42. The molecule has 2 fully saturated rings. The third-order valence-electron chi connectivity index (χ3n) is 4.34. The summed E-state index contributed by atoms with van der Waals surface area (Å²) >= 11 is 0. The lowest BCUT2D eigenvalue weighted by Crippen LogP contribution is -2.50. The van der Waals surface area contributed by atoms with Gasteiger partial charge in [-0.25, -0.2) is 0 Å². The molecule has 3 unspecified atom stereocenters. The third kappa shape index (κ3) is 2.73. The van der Waals surface area contributed by atoms with Crippen molar-refractivity contribution in [1.29, 1.82) is 0 Å². The highest BCUT2D eigenvalue weighted by Crippen LogP contribution is 2.27. The van der Waals surface area contributed by atoms with Crippen LogP contribution in [-0.2, 0) is 0 Å². The summed E-state index contributed by atoms with van der Waals surface area (Å²) < 4.78 is 0. The molecule has 0 amide bonds. The van der Waals surface area contributed by atoms with Gasteiger partial charge in [-0.05, 0) is 44.6 Å². The summed E-state index contributed by atoms with van der Waals surface area (Å²) in [5, 5.41) is 3.61. The van der Waals surface area contributed by atoms with Crippen molar-refractivity contribution in [1.82, 2.24) is 10.2 Å². The molecule has 2 aliphatic heterocycles. The Morgan fingerprint density at radius 1 is 1.27 bits per heavy atom. The van der Waals surface area contributed by atoms with Gasteiger partial charge in [0, 0.05) is 25.2 Å². The second-order valence-electron chi connectivity index (χ2n) is 5.81. The van der Waals surface area contributed by atoms with Gasteiger partial charge in [0.25, 0.3) is 0 Å². The van der Waals surface area contributed by atoms with Crippen molar-refractivity contribution in [2.45, 2.75) is 52.1 Å². The number of piperidine rings is 1. The average Bonchev–Trinajstić information content (AvgIpc) is 2.66. The largest absolute Gasteiger partial charge is 0.313 e. The van der Waals surface area contributed by atoms with Crippen molar-refractivity contribution in [3.63, 3.8) is 0 Å². The maximum atomic E-state index is 3.61. The number of likely N-dealkylation sites (tertiary alicyclic amines) is 1. The summed E-state index contributed by atoms with van der Waals surface area (Å²) in [4.78, 5) is 2.71. The van der Waals surface area contributed by atoms with E-state index in [1.54, 1.807) is 0 Å². The van der Waals surface area contributed by atoms with E-state index in [-0.39, 0.29) is 0 Å². The minimum absolute atomic E-state index is 0.768. The maximum Gasteiger partial charge on any atom is 0.0195 e. The highest BCUT2D eigenvalue weighted by Gasteiger charge is 2.30. The molecule has 2 saturated heterocycles. The van der Waals surface area contributed by atoms with Crippen LogP contribution in [0.25, 0.3) is 0 Å². The summed E-state index contributed by atoms with van der Waals surface area (Å²) in [6, 6.07) is 1.55. The molecule has 4 atom stereocenters. The van der Waals surface area contributed by atoms with E-state index in [2.05, 4.69) is 31.0 Å². The molecule has 0 spiro atoms. The Hall–Kier alpha value is -0.0800. The van der Waals surface area contributed by atoms with E-state index < -0.39 is 0 Å². The standard InChI is InChI=1S/C13H26N2/c1-10-7-11(2)12(3)15(8-10)9-13-5-4-6-14-13/h10-14H,4-9H2,1-3H3/t10?,11?,12?,13-/m1/s1. The molecular formula is C13H26N2. The second kappa shape index (κ2) is 4.84. The predicted octanol–water partition coefficient (Wildman–Crippen LogP) is 2.10. The number of nitrogens with zero attached hydrogens (tertiary/aromatic N) is 1. The second-order valence-corrected chi connectivity index (χ2v) is 5.81. The van der Waals surface area contributed by atoms with E-state index in [0.29, 0.717) is 0 Å². The molecule has 2 aliphatic rings. The first kappa shape index (κ1) is 11.4. The van der Waals surface area contributed by atoms with Gasteiger partial charge in [-0.2, -0.15) is 0 Å². The fraction of sp³-hybridized carbons (Fsp3) is 1.00. The normalized spacial score (nSPS) is 43.4. The van der Waals surface area contributed by atoms with E-state index in [4.69, 9.17) is 0 Å². The van der Waals surface area contributed by atoms with Crippen LogP contribution in [0.4, 0.5) is 0 Å². The van der Waals surface area contributed by atoms with Gasteiger partial charge in [-0.1, -0.05) is 13.8 Å². The van der Waals surface area contributed by atoms with E-state index >= 15 is 0 Å². The molecule has 0 radical (unpaired) electrons. The van der Waals surface area contributed by atoms with Crippen LogP contribution in [0.2, 0.25) is 0 Å². The quantitative estimate of drug-likeness (QED) is 0.751. The molecular weight excluding hydrogens is 184 g/mol. The van der Waals surface area contributed by atoms with Gasteiger partial charge in [0.15, 0.2) is 0 Å². The molecule has 0 aromatic heterocycles. The lowest BCUT2D eigenvalue weighted by atomic mass is 9.85. The molecule has 2 heteroatoms. The summed E-state index contributed by atoms with van der Waals surface area (Å²) in [7, 11) is 0. The minimum atomic E-state index is 0.768. The molecule has 0 aromatic carbocycles. The smallest absolute Gasteiger partial charge is 0.0195 e. The van der Waals surface area contributed by atoms with E-state index in [1.807, 2.05) is 0 Å². The van der Waals surface area contributed by atoms with E-state index in [0.717, 1.165) is 23.9 Å². The van der Waals surface area contributed by atoms with Crippen molar-refractivity contribution >= 4 is 0 Å². The van der Waals surface area contributed by atoms with Crippen LogP contribution >= 0.6 is 0 Å². The molecule has 2 nitrogen and oxygen atoms in total. The molecule has 1 N–H and O–H groups in total. The van der Waals surface area contributed by atoms with Crippen LogP contribution in [0.15, 0.2) is 0 Å². The monoisotopic (exact) mass is 210 g/mol. The molecule has 0 aliphatic carbocycles. The molecule has 0 aromatic rings. The minimum Gasteiger partial charge on any atom is -0.313 e. The lowest BCUT2D eigenvalue weighted by molar-refractivity contribution is 0.0723. The van der Waals surface area contributed by atoms with Gasteiger partial charge in [-0.15, -0.1) is 0 Å². The predicted molar refractivity (Wildman–Crippen MR) is 65.0 cm³/mol. The zero-order chi connectivity index (χ0) is 10.8. The SMILES string of the molecule is CC1CC(C)C(C)N(C[C@H]2CCCN2)C1. The fourth-order valence-electron chi connectivity index (χ4n) is 3.27. The van der Waals surface area contributed by atoms with Gasteiger partial charge in [0.2, 0.25) is 0 Å². The van der Waals surface area contributed by atoms with Gasteiger partial charge >= 0.3 is 0 Å². The van der Waals surface area contributed by atoms with Crippen LogP contribution in [-0.4, -0.2) is 36.6 Å². The Labute approximate surface area is 94.4 Å². The van der Waals surface area contributed by atoms with Gasteiger partial charge < -0.3 is 5.32 Å². The molecule has 88 valence electrons. The number of hydrogen-bond donors (Lipinski definition) is 1. The van der Waals surface area contributed by atoms with Crippen molar-refractivity contribution in [2.75, 3.05) is 19.6 Å². The molecule has 2 heterocycles. The average molecular weight is 210 g/mol. The van der Waals surface area contributed by atoms with Crippen LogP contribution in [0.1, 0.15) is 40.0 Å². The molecule has 0 bridgehead atoms. The van der Waals surface area contributed by atoms with E-state index in [1.165, 1.54) is 38.9 Å². The van der Waals surface area contributed by atoms with Crippen molar-refractivity contribution in [3.8, 4) is 0 Å². The van der Waals surface area contributed by atoms with Crippen LogP contribution in [0, 0.1) is 11.8 Å². The Kier molecular flexibility index (Phi) is 3.68. The Morgan fingerprint density at radius 2 is 2.07 bits per heavy atom. The van der Waals surface area contributed by atoms with E-state index in [9.17, 15) is 0 Å². The van der Waals surface area contributed by atoms with Crippen LogP contribution in [0.5, 0.6) is 0 Å². The summed E-state index contributed by atoms with van der Waals surface area (Å²) in [6.07, 6.45) is 4.17. The summed E-state index contributed by atoms with van der Waals surface area (Å²) in [5.74, 6) is 1.76. The van der Waals surface area contributed by atoms with Crippen molar-refractivity contribution in [3.05, 3.63) is 0 Å². The molecule has 0 saturated carbocycles. The fourth-order valence-corrected chi connectivity index (χ4v) is 3.27. The Balaban J connectivity index is 1.88. The number of hydrogen-bond acceptors (Lipinski definition) is 2. The summed E-state index contributed by atoms with van der Waals surface area (Å²) in [5.41, 5.74) is 0. The first-order chi connectivity index (χ1) is 7.16. The third-order valence-corrected chi connectivity index (χ3v) is 4.34. The first-order valence-electron chi connectivity index (χ1n) is 6.64. The van der Waals surface area contributed by atoms with Gasteiger partial charge in [0.1, 0.15) is 0 Å².